The smallest absolute Gasteiger partial charge is 0.238 e. The number of aromatic nitrogens is 2. The van der Waals surface area contributed by atoms with Gasteiger partial charge in [0.2, 0.25) is 5.91 Å². The topological polar surface area (TPSA) is 81.6 Å². The quantitative estimate of drug-likeness (QED) is 0.679. The van der Waals surface area contributed by atoms with Crippen molar-refractivity contribution in [3.8, 4) is 6.07 Å². The summed E-state index contributed by atoms with van der Waals surface area (Å²) in [6, 6.07) is 9.13. The van der Waals surface area contributed by atoms with Crippen LogP contribution in [0.4, 0.5) is 5.00 Å². The number of aromatic amines is 1. The van der Waals surface area contributed by atoms with Gasteiger partial charge in [0.25, 0.3) is 0 Å². The first kappa shape index (κ1) is 15.9. The summed E-state index contributed by atoms with van der Waals surface area (Å²) in [5.41, 5.74) is 2.10. The summed E-state index contributed by atoms with van der Waals surface area (Å²) in [5, 5.41) is 15.0. The molecule has 0 aliphatic carbocycles. The van der Waals surface area contributed by atoms with Gasteiger partial charge in [0.15, 0.2) is 5.16 Å². The Bertz CT molecular complexity index is 912. The van der Waals surface area contributed by atoms with E-state index in [4.69, 9.17) is 16.9 Å². The number of amides is 1. The molecule has 1 amide bonds. The molecular formula is C15H11ClN4OS2. The number of hydrogen-bond donors (Lipinski definition) is 2. The molecule has 0 radical (unpaired) electrons. The van der Waals surface area contributed by atoms with Crippen molar-refractivity contribution in [1.82, 2.24) is 9.97 Å². The summed E-state index contributed by atoms with van der Waals surface area (Å²) < 4.78 is 0. The molecule has 0 saturated carbocycles. The Morgan fingerprint density at radius 2 is 2.35 bits per heavy atom. The summed E-state index contributed by atoms with van der Waals surface area (Å²) in [6.07, 6.45) is 0. The minimum atomic E-state index is -0.361. The van der Waals surface area contributed by atoms with Gasteiger partial charge in [-0.3, -0.25) is 4.79 Å². The van der Waals surface area contributed by atoms with E-state index in [0.29, 0.717) is 20.7 Å². The maximum atomic E-state index is 12.3. The fourth-order valence-corrected chi connectivity index (χ4v) is 3.68. The highest BCUT2D eigenvalue weighted by Gasteiger charge is 2.18. The van der Waals surface area contributed by atoms with Crippen molar-refractivity contribution < 1.29 is 4.79 Å². The van der Waals surface area contributed by atoms with Gasteiger partial charge in [0.1, 0.15) is 11.1 Å². The number of thiophene rings is 1. The number of imidazole rings is 1. The van der Waals surface area contributed by atoms with Crippen LogP contribution in [0.2, 0.25) is 5.02 Å². The number of benzene rings is 1. The third kappa shape index (κ3) is 3.50. The maximum absolute atomic E-state index is 12.3. The first-order valence-corrected chi connectivity index (χ1v) is 8.81. The SMILES string of the molecule is C[C@H](Sc1nc2ccc(Cl)cc2[nH]1)C(=O)Nc1sccc1C#N. The number of thioether (sulfide) groups is 1. The molecule has 1 atom stereocenters. The van der Waals surface area contributed by atoms with Crippen molar-refractivity contribution >= 4 is 56.6 Å². The molecule has 0 spiro atoms. The number of nitrogens with zero attached hydrogens (tertiary/aromatic N) is 2. The van der Waals surface area contributed by atoms with Crippen LogP contribution in [-0.4, -0.2) is 21.1 Å². The number of hydrogen-bond acceptors (Lipinski definition) is 5. The van der Waals surface area contributed by atoms with Crippen LogP contribution in [0.15, 0.2) is 34.8 Å². The third-order valence-electron chi connectivity index (χ3n) is 3.10. The van der Waals surface area contributed by atoms with Gasteiger partial charge < -0.3 is 10.3 Å². The molecule has 23 heavy (non-hydrogen) atoms. The first-order valence-electron chi connectivity index (χ1n) is 6.67. The number of fused-ring (bicyclic) bond motifs is 1. The van der Waals surface area contributed by atoms with Crippen molar-refractivity contribution in [3.05, 3.63) is 40.2 Å². The first-order chi connectivity index (χ1) is 11.1. The Hall–Kier alpha value is -2.01. The zero-order valence-corrected chi connectivity index (χ0v) is 14.4. The predicted octanol–water partition coefficient (Wildman–Crippen LogP) is 4.27. The lowest BCUT2D eigenvalue weighted by molar-refractivity contribution is -0.115. The van der Waals surface area contributed by atoms with Crippen LogP contribution in [-0.2, 0) is 4.79 Å². The second-order valence-corrected chi connectivity index (χ2v) is 7.41. The number of anilines is 1. The molecule has 2 aromatic heterocycles. The molecule has 116 valence electrons. The van der Waals surface area contributed by atoms with Crippen LogP contribution >= 0.6 is 34.7 Å². The number of rotatable bonds is 4. The Labute approximate surface area is 145 Å². The average molecular weight is 363 g/mol. The summed E-state index contributed by atoms with van der Waals surface area (Å²) >= 11 is 8.60. The molecule has 0 aliphatic heterocycles. The molecule has 0 aliphatic rings. The molecule has 0 fully saturated rings. The number of carbonyl (C=O) groups excluding carboxylic acids is 1. The van der Waals surface area contributed by atoms with Gasteiger partial charge in [-0.25, -0.2) is 4.98 Å². The number of nitrogens with one attached hydrogen (secondary N) is 2. The van der Waals surface area contributed by atoms with E-state index in [1.807, 2.05) is 6.07 Å². The van der Waals surface area contributed by atoms with E-state index in [2.05, 4.69) is 21.4 Å². The summed E-state index contributed by atoms with van der Waals surface area (Å²) in [6.45, 7) is 1.79. The van der Waals surface area contributed by atoms with Crippen molar-refractivity contribution in [2.45, 2.75) is 17.3 Å². The predicted molar refractivity (Wildman–Crippen MR) is 94.1 cm³/mol. The van der Waals surface area contributed by atoms with E-state index in [1.165, 1.54) is 23.1 Å². The summed E-state index contributed by atoms with van der Waals surface area (Å²) in [5.74, 6) is -0.174. The van der Waals surface area contributed by atoms with E-state index in [9.17, 15) is 4.79 Å². The van der Waals surface area contributed by atoms with Crippen molar-refractivity contribution in [2.24, 2.45) is 0 Å². The van der Waals surface area contributed by atoms with Crippen LogP contribution in [0.25, 0.3) is 11.0 Å². The van der Waals surface area contributed by atoms with Crippen molar-refractivity contribution in [2.75, 3.05) is 5.32 Å². The Morgan fingerprint density at radius 1 is 1.52 bits per heavy atom. The lowest BCUT2D eigenvalue weighted by Gasteiger charge is -2.09. The lowest BCUT2D eigenvalue weighted by Crippen LogP contribution is -2.22. The highest BCUT2D eigenvalue weighted by Crippen LogP contribution is 2.27. The molecule has 0 bridgehead atoms. The van der Waals surface area contributed by atoms with Crippen LogP contribution in [0.1, 0.15) is 12.5 Å². The summed E-state index contributed by atoms with van der Waals surface area (Å²) in [4.78, 5) is 19.8. The van der Waals surface area contributed by atoms with Crippen molar-refractivity contribution in [3.63, 3.8) is 0 Å². The standard InChI is InChI=1S/C15H11ClN4OS2/c1-8(13(21)20-14-9(7-17)4-5-22-14)23-15-18-11-3-2-10(16)6-12(11)19-15/h2-6,8H,1H3,(H,18,19)(H,20,21)/t8-/m0/s1. The Balaban J connectivity index is 1.71. The van der Waals surface area contributed by atoms with E-state index < -0.39 is 0 Å². The van der Waals surface area contributed by atoms with Gasteiger partial charge in [-0.2, -0.15) is 5.26 Å². The Morgan fingerprint density at radius 3 is 3.13 bits per heavy atom. The van der Waals surface area contributed by atoms with E-state index in [0.717, 1.165) is 11.0 Å². The third-order valence-corrected chi connectivity index (χ3v) is 5.15. The molecule has 8 heteroatoms. The van der Waals surface area contributed by atoms with Crippen LogP contribution in [0.5, 0.6) is 0 Å². The molecule has 1 aromatic carbocycles. The summed E-state index contributed by atoms with van der Waals surface area (Å²) in [7, 11) is 0. The molecule has 0 unspecified atom stereocenters. The zero-order chi connectivity index (χ0) is 16.4. The van der Waals surface area contributed by atoms with E-state index in [1.54, 1.807) is 30.5 Å². The van der Waals surface area contributed by atoms with E-state index in [-0.39, 0.29) is 11.2 Å². The molecule has 0 saturated heterocycles. The van der Waals surface area contributed by atoms with Crippen molar-refractivity contribution in [1.29, 1.82) is 5.26 Å². The molecule has 2 heterocycles. The number of carbonyl (C=O) groups is 1. The fourth-order valence-electron chi connectivity index (χ4n) is 1.94. The zero-order valence-electron chi connectivity index (χ0n) is 12.0. The minimum Gasteiger partial charge on any atom is -0.333 e. The number of H-pyrrole nitrogens is 1. The normalized spacial score (nSPS) is 12.0. The number of halogens is 1. The number of nitriles is 1. The molecule has 2 N–H and O–H groups in total. The van der Waals surface area contributed by atoms with Gasteiger partial charge >= 0.3 is 0 Å². The molecule has 5 nitrogen and oxygen atoms in total. The van der Waals surface area contributed by atoms with E-state index >= 15 is 0 Å². The average Bonchev–Trinajstić information content (AvgIpc) is 3.12. The lowest BCUT2D eigenvalue weighted by atomic mass is 10.3. The van der Waals surface area contributed by atoms with Crippen LogP contribution < -0.4 is 5.32 Å². The van der Waals surface area contributed by atoms with Gasteiger partial charge in [-0.15, -0.1) is 11.3 Å². The van der Waals surface area contributed by atoms with Gasteiger partial charge in [-0.1, -0.05) is 23.4 Å². The van der Waals surface area contributed by atoms with Gasteiger partial charge in [-0.05, 0) is 36.6 Å². The molecule has 3 aromatic rings. The second-order valence-electron chi connectivity index (χ2n) is 4.73. The highest BCUT2D eigenvalue weighted by molar-refractivity contribution is 8.00. The van der Waals surface area contributed by atoms with Crippen LogP contribution in [0.3, 0.4) is 0 Å². The molecular weight excluding hydrogens is 352 g/mol. The van der Waals surface area contributed by atoms with Crippen LogP contribution in [0, 0.1) is 11.3 Å². The van der Waals surface area contributed by atoms with Gasteiger partial charge in [0, 0.05) is 5.02 Å². The minimum absolute atomic E-state index is 0.174. The fraction of sp³-hybridized carbons (Fsp3) is 0.133. The largest absolute Gasteiger partial charge is 0.333 e. The van der Waals surface area contributed by atoms with Gasteiger partial charge in [0.05, 0.1) is 21.8 Å². The highest BCUT2D eigenvalue weighted by atomic mass is 35.5. The maximum Gasteiger partial charge on any atom is 0.238 e. The Kier molecular flexibility index (Phi) is 4.57. The monoisotopic (exact) mass is 362 g/mol. The second kappa shape index (κ2) is 6.62. The molecule has 3 rings (SSSR count).